The van der Waals surface area contributed by atoms with Crippen LogP contribution in [0.15, 0.2) is 0 Å². The molecule has 0 heterocycles. The third kappa shape index (κ3) is 14.5. The Kier molecular flexibility index (Phi) is 30.5. The second-order valence-electron chi connectivity index (χ2n) is 5.65. The zero-order chi connectivity index (χ0) is 13.0. The first kappa shape index (κ1) is 29.6. The summed E-state index contributed by atoms with van der Waals surface area (Å²) in [7, 11) is 0. The Morgan fingerprint density at radius 3 is 0.900 bits per heavy atom. The Morgan fingerprint density at radius 2 is 0.750 bits per heavy atom. The van der Waals surface area contributed by atoms with E-state index in [0.29, 0.717) is 0 Å². The molecule has 0 N–H and O–H groups in total. The molecular formula is C16H36ClINZn-. The van der Waals surface area contributed by atoms with Crippen LogP contribution in [0.5, 0.6) is 0 Å². The van der Waals surface area contributed by atoms with Gasteiger partial charge in [-0.3, -0.25) is 0 Å². The molecule has 1 nitrogen and oxygen atoms in total. The first-order valence-electron chi connectivity index (χ1n) is 8.09. The van der Waals surface area contributed by atoms with Crippen molar-refractivity contribution in [3.8, 4) is 0 Å². The van der Waals surface area contributed by atoms with Gasteiger partial charge in [0, 0.05) is 19.5 Å². The van der Waals surface area contributed by atoms with Crippen molar-refractivity contribution in [1.29, 1.82) is 0 Å². The van der Waals surface area contributed by atoms with Gasteiger partial charge in [0.1, 0.15) is 0 Å². The Bertz CT molecular complexity index is 133. The van der Waals surface area contributed by atoms with E-state index in [9.17, 15) is 0 Å². The van der Waals surface area contributed by atoms with Gasteiger partial charge in [0.05, 0.1) is 26.2 Å². The minimum absolute atomic E-state index is 0. The first-order valence-corrected chi connectivity index (χ1v) is 8.09. The average molecular weight is 470 g/mol. The van der Waals surface area contributed by atoms with Crippen molar-refractivity contribution in [1.82, 2.24) is 0 Å². The summed E-state index contributed by atoms with van der Waals surface area (Å²) in [4.78, 5) is 0. The van der Waals surface area contributed by atoms with Crippen molar-refractivity contribution < 1.29 is 60.3 Å². The summed E-state index contributed by atoms with van der Waals surface area (Å²) in [6.07, 6.45) is 11.1. The van der Waals surface area contributed by atoms with Crippen molar-refractivity contribution >= 4 is 0 Å². The largest absolute Gasteiger partial charge is 1.00 e. The number of unbranched alkanes of at least 4 members (excludes halogenated alkanes) is 4. The van der Waals surface area contributed by atoms with Crippen LogP contribution in [0.3, 0.4) is 0 Å². The second kappa shape index (κ2) is 20.6. The minimum Gasteiger partial charge on any atom is -1.00 e. The summed E-state index contributed by atoms with van der Waals surface area (Å²) in [6, 6.07) is 0. The second-order valence-corrected chi connectivity index (χ2v) is 5.65. The summed E-state index contributed by atoms with van der Waals surface area (Å²) in [5, 5.41) is 0. The molecule has 0 aromatic rings. The topological polar surface area (TPSA) is 0 Å². The molecule has 0 aromatic heterocycles. The third-order valence-electron chi connectivity index (χ3n) is 3.94. The van der Waals surface area contributed by atoms with E-state index in [0.717, 1.165) is 0 Å². The number of quaternary nitrogens is 1. The van der Waals surface area contributed by atoms with E-state index < -0.39 is 0 Å². The maximum Gasteiger partial charge on any atom is 0.0786 e. The third-order valence-corrected chi connectivity index (χ3v) is 3.94. The molecule has 0 rings (SSSR count). The summed E-state index contributed by atoms with van der Waals surface area (Å²) in [6.45, 7) is 15.0. The van der Waals surface area contributed by atoms with Gasteiger partial charge in [-0.2, -0.15) is 0 Å². The molecule has 0 unspecified atom stereocenters. The Morgan fingerprint density at radius 1 is 0.550 bits per heavy atom. The number of nitrogens with zero attached hydrogens (tertiary/aromatic N) is 1. The van der Waals surface area contributed by atoms with Crippen molar-refractivity contribution in [2.24, 2.45) is 0 Å². The molecule has 0 aliphatic carbocycles. The normalized spacial score (nSPS) is 10.2. The molecule has 122 valence electrons. The van der Waals surface area contributed by atoms with E-state index in [1.54, 1.807) is 0 Å². The maximum absolute atomic E-state index is 2.33. The van der Waals surface area contributed by atoms with Crippen molar-refractivity contribution in [2.75, 3.05) is 26.2 Å². The van der Waals surface area contributed by atoms with Gasteiger partial charge in [-0.1, -0.05) is 53.4 Å². The minimum atomic E-state index is 0. The molecule has 0 atom stereocenters. The van der Waals surface area contributed by atoms with Gasteiger partial charge in [-0.15, -0.1) is 0 Å². The van der Waals surface area contributed by atoms with Gasteiger partial charge in [0.15, 0.2) is 0 Å². The van der Waals surface area contributed by atoms with Crippen molar-refractivity contribution in [3.05, 3.63) is 0 Å². The predicted octanol–water partition coefficient (Wildman–Crippen LogP) is -0.991. The van der Waals surface area contributed by atoms with Crippen LogP contribution in [0.2, 0.25) is 0 Å². The summed E-state index contributed by atoms with van der Waals surface area (Å²) >= 11 is 0. The monoisotopic (exact) mass is 468 g/mol. The number of hydrogen-bond donors (Lipinski definition) is 0. The molecular weight excluding hydrogens is 434 g/mol. The fourth-order valence-electron chi connectivity index (χ4n) is 2.64. The van der Waals surface area contributed by atoms with Crippen LogP contribution in [-0.2, 0) is 19.5 Å². The molecule has 0 aliphatic rings. The fourth-order valence-corrected chi connectivity index (χ4v) is 2.64. The molecule has 0 amide bonds. The summed E-state index contributed by atoms with van der Waals surface area (Å²) in [5.74, 6) is 0. The number of hydrogen-bond acceptors (Lipinski definition) is 0. The SMILES string of the molecule is CCCC[N+](CCCC)(CCCC)CCCC.[Cl-].[I-].[Zn]. The first-order chi connectivity index (χ1) is 8.24. The Labute approximate surface area is 164 Å². The van der Waals surface area contributed by atoms with E-state index in [1.807, 2.05) is 0 Å². The van der Waals surface area contributed by atoms with E-state index in [2.05, 4.69) is 27.7 Å². The van der Waals surface area contributed by atoms with E-state index in [-0.39, 0.29) is 55.9 Å². The fraction of sp³-hybridized carbons (Fsp3) is 1.00. The molecule has 0 saturated carbocycles. The number of halogens is 2. The van der Waals surface area contributed by atoms with Gasteiger partial charge in [-0.05, 0) is 25.7 Å². The van der Waals surface area contributed by atoms with Gasteiger partial charge in [0.25, 0.3) is 0 Å². The van der Waals surface area contributed by atoms with Crippen LogP contribution in [-0.4, -0.2) is 30.7 Å². The van der Waals surface area contributed by atoms with Crippen LogP contribution in [0.25, 0.3) is 0 Å². The van der Waals surface area contributed by atoms with Gasteiger partial charge in [-0.25, -0.2) is 0 Å². The quantitative estimate of drug-likeness (QED) is 0.195. The summed E-state index contributed by atoms with van der Waals surface area (Å²) < 4.78 is 1.42. The Hall–Kier alpha value is 1.60. The standard InChI is InChI=1S/C16H36N.ClH.HI.Zn/c1-5-9-13-17(14-10-6-2,15-11-7-3)16-12-8-4;;;/h5-16H2,1-4H3;2*1H;/q+1;;;/p-2. The molecule has 0 fully saturated rings. The van der Waals surface area contributed by atoms with Crippen molar-refractivity contribution in [2.45, 2.75) is 79.1 Å². The zero-order valence-electron chi connectivity index (χ0n) is 14.4. The number of rotatable bonds is 12. The predicted molar refractivity (Wildman–Crippen MR) is 79.4 cm³/mol. The molecule has 0 radical (unpaired) electrons. The van der Waals surface area contributed by atoms with E-state index in [1.165, 1.54) is 82.0 Å². The van der Waals surface area contributed by atoms with E-state index >= 15 is 0 Å². The molecule has 0 bridgehead atoms. The van der Waals surface area contributed by atoms with Crippen LogP contribution in [0.4, 0.5) is 0 Å². The molecule has 0 aliphatic heterocycles. The molecule has 0 saturated heterocycles. The van der Waals surface area contributed by atoms with Crippen LogP contribution < -0.4 is 36.4 Å². The van der Waals surface area contributed by atoms with Crippen LogP contribution in [0.1, 0.15) is 79.1 Å². The average Bonchev–Trinajstić information content (AvgIpc) is 2.37. The van der Waals surface area contributed by atoms with Gasteiger partial charge >= 0.3 is 0 Å². The molecule has 0 aromatic carbocycles. The Balaban J connectivity index is -0.000000427. The van der Waals surface area contributed by atoms with Gasteiger partial charge in [0.2, 0.25) is 0 Å². The smallest absolute Gasteiger partial charge is 0.0786 e. The van der Waals surface area contributed by atoms with Crippen LogP contribution in [0, 0.1) is 0 Å². The molecule has 4 heteroatoms. The maximum atomic E-state index is 2.33. The van der Waals surface area contributed by atoms with Crippen LogP contribution >= 0.6 is 0 Å². The molecule has 0 spiro atoms. The van der Waals surface area contributed by atoms with E-state index in [4.69, 9.17) is 0 Å². The van der Waals surface area contributed by atoms with Crippen molar-refractivity contribution in [3.63, 3.8) is 0 Å². The zero-order valence-corrected chi connectivity index (χ0v) is 20.3. The van der Waals surface area contributed by atoms with Gasteiger partial charge < -0.3 is 40.9 Å². The molecule has 20 heavy (non-hydrogen) atoms. The summed E-state index contributed by atoms with van der Waals surface area (Å²) in [5.41, 5.74) is 0.